The monoisotopic (exact) mass is 381 g/mol. The molecule has 28 heavy (non-hydrogen) atoms. The largest absolute Gasteiger partial charge is 0.497 e. The molecule has 0 radical (unpaired) electrons. The van der Waals surface area contributed by atoms with Gasteiger partial charge in [0.1, 0.15) is 5.75 Å². The molecule has 0 saturated carbocycles. The van der Waals surface area contributed by atoms with Crippen LogP contribution in [0.25, 0.3) is 0 Å². The van der Waals surface area contributed by atoms with Crippen molar-refractivity contribution in [2.75, 3.05) is 51.3 Å². The molecule has 1 aliphatic heterocycles. The average molecular weight is 382 g/mol. The Labute approximate surface area is 168 Å². The molecule has 1 fully saturated rings. The van der Waals surface area contributed by atoms with Gasteiger partial charge in [-0.05, 0) is 61.3 Å². The first kappa shape index (κ1) is 20.2. The Hall–Kier alpha value is -2.53. The predicted octanol–water partition coefficient (Wildman–Crippen LogP) is 3.20. The van der Waals surface area contributed by atoms with Crippen molar-refractivity contribution < 1.29 is 9.53 Å². The smallest absolute Gasteiger partial charge is 0.251 e. The summed E-state index contributed by atoms with van der Waals surface area (Å²) in [6.45, 7) is 8.02. The normalized spacial score (nSPS) is 14.7. The SMILES string of the molecule is CCc1ccc(C(=O)NCCCN2CCN(c3ccc(OC)cc3)CC2)cc1. The van der Waals surface area contributed by atoms with Crippen molar-refractivity contribution in [3.8, 4) is 5.75 Å². The lowest BCUT2D eigenvalue weighted by Gasteiger charge is -2.36. The fourth-order valence-corrected chi connectivity index (χ4v) is 3.52. The summed E-state index contributed by atoms with van der Waals surface area (Å²) < 4.78 is 5.23. The standard InChI is InChI=1S/C23H31N3O2/c1-3-19-5-7-20(8-6-19)23(27)24-13-4-14-25-15-17-26(18-16-25)21-9-11-22(28-2)12-10-21/h5-12H,3-4,13-18H2,1-2H3,(H,24,27). The van der Waals surface area contributed by atoms with Crippen LogP contribution in [0, 0.1) is 0 Å². The number of amides is 1. The molecule has 1 heterocycles. The number of carbonyl (C=O) groups is 1. The van der Waals surface area contributed by atoms with E-state index >= 15 is 0 Å². The van der Waals surface area contributed by atoms with Crippen molar-refractivity contribution in [2.24, 2.45) is 0 Å². The van der Waals surface area contributed by atoms with Crippen LogP contribution in [0.2, 0.25) is 0 Å². The van der Waals surface area contributed by atoms with Gasteiger partial charge in [-0.3, -0.25) is 9.69 Å². The van der Waals surface area contributed by atoms with E-state index in [9.17, 15) is 4.79 Å². The van der Waals surface area contributed by atoms with Gasteiger partial charge in [-0.2, -0.15) is 0 Å². The molecule has 1 aliphatic rings. The van der Waals surface area contributed by atoms with Gasteiger partial charge in [0.05, 0.1) is 7.11 Å². The summed E-state index contributed by atoms with van der Waals surface area (Å²) in [5.74, 6) is 0.915. The predicted molar refractivity (Wildman–Crippen MR) is 114 cm³/mol. The minimum atomic E-state index is 0.0204. The molecule has 0 bridgehead atoms. The number of rotatable bonds is 8. The highest BCUT2D eigenvalue weighted by molar-refractivity contribution is 5.94. The second-order valence-electron chi connectivity index (χ2n) is 7.19. The number of nitrogens with zero attached hydrogens (tertiary/aromatic N) is 2. The summed E-state index contributed by atoms with van der Waals surface area (Å²) >= 11 is 0. The van der Waals surface area contributed by atoms with Gasteiger partial charge in [0.2, 0.25) is 0 Å². The average Bonchev–Trinajstić information content (AvgIpc) is 2.77. The van der Waals surface area contributed by atoms with Crippen LogP contribution in [0.5, 0.6) is 5.75 Å². The second kappa shape index (κ2) is 10.1. The zero-order chi connectivity index (χ0) is 19.8. The Morgan fingerprint density at radius 3 is 2.29 bits per heavy atom. The molecule has 0 spiro atoms. The zero-order valence-electron chi connectivity index (χ0n) is 17.0. The molecule has 1 amide bonds. The third kappa shape index (κ3) is 5.49. The molecule has 0 atom stereocenters. The van der Waals surface area contributed by atoms with Gasteiger partial charge in [-0.25, -0.2) is 0 Å². The zero-order valence-corrected chi connectivity index (χ0v) is 17.0. The number of benzene rings is 2. The topological polar surface area (TPSA) is 44.8 Å². The first-order valence-electron chi connectivity index (χ1n) is 10.2. The number of carbonyl (C=O) groups excluding carboxylic acids is 1. The summed E-state index contributed by atoms with van der Waals surface area (Å²) in [6.07, 6.45) is 1.97. The van der Waals surface area contributed by atoms with E-state index in [0.717, 1.165) is 56.9 Å². The summed E-state index contributed by atoms with van der Waals surface area (Å²) in [6, 6.07) is 16.1. The van der Waals surface area contributed by atoms with Crippen molar-refractivity contribution in [1.82, 2.24) is 10.2 Å². The Balaban J connectivity index is 1.34. The second-order valence-corrected chi connectivity index (χ2v) is 7.19. The summed E-state index contributed by atoms with van der Waals surface area (Å²) in [4.78, 5) is 17.1. The lowest BCUT2D eigenvalue weighted by molar-refractivity contribution is 0.0951. The van der Waals surface area contributed by atoms with Crippen LogP contribution >= 0.6 is 0 Å². The van der Waals surface area contributed by atoms with Gasteiger partial charge in [-0.15, -0.1) is 0 Å². The molecule has 5 heteroatoms. The Kier molecular flexibility index (Phi) is 7.31. The van der Waals surface area contributed by atoms with Crippen molar-refractivity contribution in [2.45, 2.75) is 19.8 Å². The minimum absolute atomic E-state index is 0.0204. The van der Waals surface area contributed by atoms with Gasteiger partial charge < -0.3 is 15.0 Å². The lowest BCUT2D eigenvalue weighted by Crippen LogP contribution is -2.47. The van der Waals surface area contributed by atoms with Crippen LogP contribution in [0.3, 0.4) is 0 Å². The van der Waals surface area contributed by atoms with Crippen LogP contribution in [-0.2, 0) is 6.42 Å². The van der Waals surface area contributed by atoms with E-state index in [0.29, 0.717) is 6.54 Å². The maximum atomic E-state index is 12.2. The third-order valence-electron chi connectivity index (χ3n) is 5.37. The molecule has 2 aromatic carbocycles. The van der Waals surface area contributed by atoms with Gasteiger partial charge in [0.25, 0.3) is 5.91 Å². The number of piperazine rings is 1. The van der Waals surface area contributed by atoms with Gasteiger partial charge in [0, 0.05) is 44.0 Å². The molecule has 150 valence electrons. The van der Waals surface area contributed by atoms with Gasteiger partial charge >= 0.3 is 0 Å². The molecular formula is C23H31N3O2. The molecule has 1 saturated heterocycles. The Bertz CT molecular complexity index is 735. The van der Waals surface area contributed by atoms with Gasteiger partial charge in [-0.1, -0.05) is 19.1 Å². The van der Waals surface area contributed by atoms with Crippen LogP contribution in [-0.4, -0.2) is 57.2 Å². The summed E-state index contributed by atoms with van der Waals surface area (Å²) in [5, 5.41) is 3.03. The maximum Gasteiger partial charge on any atom is 0.251 e. The highest BCUT2D eigenvalue weighted by Crippen LogP contribution is 2.20. The van der Waals surface area contributed by atoms with Gasteiger partial charge in [0.15, 0.2) is 0 Å². The molecule has 3 rings (SSSR count). The van der Waals surface area contributed by atoms with Crippen LogP contribution in [0.4, 0.5) is 5.69 Å². The molecule has 0 aromatic heterocycles. The molecule has 5 nitrogen and oxygen atoms in total. The number of methoxy groups -OCH3 is 1. The van der Waals surface area contributed by atoms with Crippen LogP contribution < -0.4 is 15.0 Å². The van der Waals surface area contributed by atoms with Crippen LogP contribution in [0.1, 0.15) is 29.3 Å². The lowest BCUT2D eigenvalue weighted by atomic mass is 10.1. The maximum absolute atomic E-state index is 12.2. The number of hydrogen-bond donors (Lipinski definition) is 1. The summed E-state index contributed by atoms with van der Waals surface area (Å²) in [7, 11) is 1.69. The van der Waals surface area contributed by atoms with E-state index < -0.39 is 0 Å². The van der Waals surface area contributed by atoms with Crippen molar-refractivity contribution in [1.29, 1.82) is 0 Å². The van der Waals surface area contributed by atoms with E-state index in [1.807, 2.05) is 36.4 Å². The first-order chi connectivity index (χ1) is 13.7. The Morgan fingerprint density at radius 2 is 1.68 bits per heavy atom. The fourth-order valence-electron chi connectivity index (χ4n) is 3.52. The molecule has 2 aromatic rings. The third-order valence-corrected chi connectivity index (χ3v) is 5.37. The Morgan fingerprint density at radius 1 is 1.00 bits per heavy atom. The molecule has 0 aliphatic carbocycles. The molecule has 0 unspecified atom stereocenters. The fraction of sp³-hybridized carbons (Fsp3) is 0.435. The quantitative estimate of drug-likeness (QED) is 0.714. The van der Waals surface area contributed by atoms with Crippen molar-refractivity contribution in [3.05, 3.63) is 59.7 Å². The number of nitrogens with one attached hydrogen (secondary N) is 1. The highest BCUT2D eigenvalue weighted by atomic mass is 16.5. The molecule has 1 N–H and O–H groups in total. The minimum Gasteiger partial charge on any atom is -0.497 e. The number of hydrogen-bond acceptors (Lipinski definition) is 4. The number of aryl methyl sites for hydroxylation is 1. The van der Waals surface area contributed by atoms with E-state index in [4.69, 9.17) is 4.74 Å². The van der Waals surface area contributed by atoms with Crippen molar-refractivity contribution in [3.63, 3.8) is 0 Å². The number of anilines is 1. The summed E-state index contributed by atoms with van der Waals surface area (Å²) in [5.41, 5.74) is 3.25. The first-order valence-corrected chi connectivity index (χ1v) is 10.2. The van der Waals surface area contributed by atoms with E-state index in [1.165, 1.54) is 11.3 Å². The van der Waals surface area contributed by atoms with E-state index in [2.05, 4.69) is 34.2 Å². The van der Waals surface area contributed by atoms with E-state index in [-0.39, 0.29) is 5.91 Å². The van der Waals surface area contributed by atoms with Crippen LogP contribution in [0.15, 0.2) is 48.5 Å². The van der Waals surface area contributed by atoms with E-state index in [1.54, 1.807) is 7.11 Å². The number of ether oxygens (including phenoxy) is 1. The highest BCUT2D eigenvalue weighted by Gasteiger charge is 2.17. The molecular weight excluding hydrogens is 350 g/mol. The van der Waals surface area contributed by atoms with Crippen molar-refractivity contribution >= 4 is 11.6 Å².